The number of halogens is 3. The summed E-state index contributed by atoms with van der Waals surface area (Å²) in [5.74, 6) is -1.47. The Bertz CT molecular complexity index is 1170. The lowest BCUT2D eigenvalue weighted by Gasteiger charge is -2.32. The zero-order valence-electron chi connectivity index (χ0n) is 17.6. The molecule has 2 heterocycles. The Morgan fingerprint density at radius 1 is 1.21 bits per heavy atom. The summed E-state index contributed by atoms with van der Waals surface area (Å²) in [5.41, 5.74) is -0.0505. The molecule has 0 amide bonds. The lowest BCUT2D eigenvalue weighted by Crippen LogP contribution is -2.33. The maximum Gasteiger partial charge on any atom is 0.433 e. The summed E-state index contributed by atoms with van der Waals surface area (Å²) < 4.78 is 38.8. The van der Waals surface area contributed by atoms with Gasteiger partial charge in [-0.1, -0.05) is 6.07 Å². The number of carbonyl (C=O) groups is 1. The second-order valence-electron chi connectivity index (χ2n) is 8.15. The summed E-state index contributed by atoms with van der Waals surface area (Å²) in [6, 6.07) is 6.22. The van der Waals surface area contributed by atoms with Crippen molar-refractivity contribution >= 4 is 28.9 Å². The van der Waals surface area contributed by atoms with Gasteiger partial charge >= 0.3 is 12.1 Å². The summed E-state index contributed by atoms with van der Waals surface area (Å²) in [4.78, 5) is 23.8. The van der Waals surface area contributed by atoms with Gasteiger partial charge in [-0.25, -0.2) is 15.0 Å². The molecule has 7 nitrogen and oxygen atoms in total. The minimum atomic E-state index is -4.57. The second-order valence-corrected chi connectivity index (χ2v) is 9.18. The average Bonchev–Trinajstić information content (AvgIpc) is 3.25. The number of rotatable bonds is 5. The van der Waals surface area contributed by atoms with Crippen molar-refractivity contribution in [2.24, 2.45) is 5.92 Å². The quantitative estimate of drug-likeness (QED) is 0.466. The Balaban J connectivity index is 1.56. The van der Waals surface area contributed by atoms with Crippen molar-refractivity contribution in [1.82, 2.24) is 15.0 Å². The number of carboxylic acid groups (broad SMARTS) is 1. The van der Waals surface area contributed by atoms with Crippen molar-refractivity contribution in [2.45, 2.75) is 44.4 Å². The maximum atomic E-state index is 12.9. The summed E-state index contributed by atoms with van der Waals surface area (Å²) in [6.45, 7) is 1.85. The first kappa shape index (κ1) is 23.1. The summed E-state index contributed by atoms with van der Waals surface area (Å²) in [7, 11) is 0. The van der Waals surface area contributed by atoms with Crippen molar-refractivity contribution in [3.8, 4) is 10.4 Å². The van der Waals surface area contributed by atoms with Crippen LogP contribution in [0.1, 0.15) is 41.9 Å². The molecule has 0 saturated heterocycles. The predicted molar refractivity (Wildman–Crippen MR) is 116 cm³/mol. The van der Waals surface area contributed by atoms with E-state index in [2.05, 4.69) is 20.3 Å². The monoisotopic (exact) mass is 478 g/mol. The Hall–Kier alpha value is -3.05. The van der Waals surface area contributed by atoms with Crippen LogP contribution in [0.5, 0.6) is 0 Å². The lowest BCUT2D eigenvalue weighted by molar-refractivity contribution is -0.145. The van der Waals surface area contributed by atoms with Crippen LogP contribution < -0.4 is 5.32 Å². The lowest BCUT2D eigenvalue weighted by atomic mass is 9.79. The third-order valence-corrected chi connectivity index (χ3v) is 6.87. The molecule has 0 spiro atoms. The van der Waals surface area contributed by atoms with Crippen molar-refractivity contribution in [2.75, 3.05) is 5.32 Å². The molecule has 3 N–H and O–H groups in total. The molecule has 1 aliphatic carbocycles. The fraction of sp³-hybridized carbons (Fsp3) is 0.364. The fourth-order valence-corrected chi connectivity index (χ4v) is 4.93. The van der Waals surface area contributed by atoms with Gasteiger partial charge in [0.25, 0.3) is 0 Å². The van der Waals surface area contributed by atoms with Gasteiger partial charge in [0.2, 0.25) is 5.95 Å². The first-order valence-electron chi connectivity index (χ1n) is 10.2. The molecule has 0 atom stereocenters. The normalized spacial score (nSPS) is 21.1. The molecule has 1 saturated carbocycles. The van der Waals surface area contributed by atoms with E-state index in [1.807, 2.05) is 13.0 Å². The SMILES string of the molecule is Cc1cc(Nc2nccc(C(F)(F)F)n2)cc(-c2cnc([C@]3(O)CC[C@H](C(=O)O)CC3)s2)c1. The number of hydrogen-bond acceptors (Lipinski definition) is 7. The van der Waals surface area contributed by atoms with Crippen LogP contribution in [0.3, 0.4) is 0 Å². The van der Waals surface area contributed by atoms with Crippen molar-refractivity contribution < 1.29 is 28.2 Å². The molecule has 1 fully saturated rings. The van der Waals surface area contributed by atoms with Gasteiger partial charge in [0.15, 0.2) is 0 Å². The van der Waals surface area contributed by atoms with E-state index in [-0.39, 0.29) is 5.95 Å². The van der Waals surface area contributed by atoms with Gasteiger partial charge in [-0.05, 0) is 61.9 Å². The Morgan fingerprint density at radius 3 is 2.61 bits per heavy atom. The van der Waals surface area contributed by atoms with Crippen LogP contribution >= 0.6 is 11.3 Å². The van der Waals surface area contributed by atoms with E-state index in [1.54, 1.807) is 18.3 Å². The molecular weight excluding hydrogens is 457 g/mol. The van der Waals surface area contributed by atoms with E-state index in [9.17, 15) is 28.2 Å². The minimum Gasteiger partial charge on any atom is -0.481 e. The number of aliphatic hydroxyl groups is 1. The third-order valence-electron chi connectivity index (χ3n) is 5.63. The number of aryl methyl sites for hydroxylation is 1. The molecule has 33 heavy (non-hydrogen) atoms. The van der Waals surface area contributed by atoms with E-state index in [0.29, 0.717) is 36.4 Å². The first-order valence-corrected chi connectivity index (χ1v) is 11.1. The Kier molecular flexibility index (Phi) is 6.10. The number of aliphatic carboxylic acids is 1. The second kappa shape index (κ2) is 8.71. The number of nitrogens with one attached hydrogen (secondary N) is 1. The number of carboxylic acids is 1. The van der Waals surface area contributed by atoms with E-state index in [1.165, 1.54) is 11.3 Å². The Morgan fingerprint density at radius 2 is 1.94 bits per heavy atom. The molecule has 0 aliphatic heterocycles. The van der Waals surface area contributed by atoms with Crippen molar-refractivity contribution in [1.29, 1.82) is 0 Å². The molecule has 2 aromatic heterocycles. The molecule has 4 rings (SSSR count). The third kappa shape index (κ3) is 5.14. The van der Waals surface area contributed by atoms with E-state index in [4.69, 9.17) is 0 Å². The Labute approximate surface area is 191 Å². The fourth-order valence-electron chi connectivity index (χ4n) is 3.88. The zero-order valence-corrected chi connectivity index (χ0v) is 18.4. The summed E-state index contributed by atoms with van der Waals surface area (Å²) in [6.07, 6.45) is -0.466. The van der Waals surface area contributed by atoms with Crippen molar-refractivity contribution in [3.63, 3.8) is 0 Å². The van der Waals surface area contributed by atoms with E-state index < -0.39 is 29.4 Å². The largest absolute Gasteiger partial charge is 0.481 e. The van der Waals surface area contributed by atoms with Crippen LogP contribution in [0.25, 0.3) is 10.4 Å². The van der Waals surface area contributed by atoms with E-state index in [0.717, 1.165) is 28.3 Å². The number of hydrogen-bond donors (Lipinski definition) is 3. The maximum absolute atomic E-state index is 12.9. The topological polar surface area (TPSA) is 108 Å². The number of aromatic nitrogens is 3. The van der Waals surface area contributed by atoms with Gasteiger partial charge in [0.05, 0.1) is 10.8 Å². The number of benzene rings is 1. The highest BCUT2D eigenvalue weighted by atomic mass is 32.1. The van der Waals surface area contributed by atoms with Crippen molar-refractivity contribution in [3.05, 3.63) is 52.9 Å². The number of thiazole rings is 1. The minimum absolute atomic E-state index is 0.170. The van der Waals surface area contributed by atoms with Gasteiger partial charge in [-0.15, -0.1) is 11.3 Å². The number of nitrogens with zero attached hydrogens (tertiary/aromatic N) is 3. The summed E-state index contributed by atoms with van der Waals surface area (Å²) in [5, 5.41) is 23.6. The smallest absolute Gasteiger partial charge is 0.433 e. The van der Waals surface area contributed by atoms with E-state index >= 15 is 0 Å². The van der Waals surface area contributed by atoms with Crippen LogP contribution in [0.15, 0.2) is 36.7 Å². The van der Waals surface area contributed by atoms with Crippen LogP contribution in [0, 0.1) is 12.8 Å². The van der Waals surface area contributed by atoms with Crippen LogP contribution in [0.4, 0.5) is 24.8 Å². The molecule has 1 aromatic carbocycles. The van der Waals surface area contributed by atoms with Crippen LogP contribution in [0.2, 0.25) is 0 Å². The highest BCUT2D eigenvalue weighted by Gasteiger charge is 2.39. The van der Waals surface area contributed by atoms with Crippen LogP contribution in [-0.4, -0.2) is 31.1 Å². The van der Waals surface area contributed by atoms with Gasteiger partial charge in [-0.2, -0.15) is 13.2 Å². The van der Waals surface area contributed by atoms with Gasteiger partial charge in [0, 0.05) is 18.1 Å². The molecule has 0 bridgehead atoms. The first-order chi connectivity index (χ1) is 15.5. The zero-order chi connectivity index (χ0) is 23.8. The summed E-state index contributed by atoms with van der Waals surface area (Å²) >= 11 is 1.31. The highest BCUT2D eigenvalue weighted by Crippen LogP contribution is 2.43. The highest BCUT2D eigenvalue weighted by molar-refractivity contribution is 7.15. The average molecular weight is 478 g/mol. The molecule has 174 valence electrons. The predicted octanol–water partition coefficient (Wildman–Crippen LogP) is 5.13. The van der Waals surface area contributed by atoms with Gasteiger partial charge < -0.3 is 15.5 Å². The van der Waals surface area contributed by atoms with Gasteiger partial charge in [0.1, 0.15) is 16.3 Å². The molecule has 0 radical (unpaired) electrons. The molecule has 3 aromatic rings. The standard InChI is InChI=1S/C22H21F3N4O3S/c1-12-8-14(10-15(9-12)28-20-26-7-4-17(29-20)22(23,24)25)16-11-27-19(33-16)21(32)5-2-13(3-6-21)18(30)31/h4,7-11,13,32H,2-3,5-6H2,1H3,(H,30,31)(H,26,28,29)/t13-,21-. The number of alkyl halides is 3. The van der Waals surface area contributed by atoms with Gasteiger partial charge in [-0.3, -0.25) is 4.79 Å². The number of anilines is 2. The van der Waals surface area contributed by atoms with Crippen LogP contribution in [-0.2, 0) is 16.6 Å². The molecule has 11 heteroatoms. The molecular formula is C22H21F3N4O3S. The molecule has 0 unspecified atom stereocenters. The molecule has 1 aliphatic rings.